The molecule has 0 aromatic heterocycles. The second-order valence-electron chi connectivity index (χ2n) is 9.25. The topological polar surface area (TPSA) is 66.0 Å². The summed E-state index contributed by atoms with van der Waals surface area (Å²) in [5, 5.41) is 3.00. The van der Waals surface area contributed by atoms with Gasteiger partial charge in [-0.1, -0.05) is 51.1 Å². The smallest absolute Gasteiger partial charge is 0.407 e. The van der Waals surface area contributed by atoms with Gasteiger partial charge in [-0.15, -0.1) is 0 Å². The lowest BCUT2D eigenvalue weighted by atomic mass is 10.2. The molecule has 28 heavy (non-hydrogen) atoms. The number of benzene rings is 1. The molecule has 1 saturated heterocycles. The zero-order valence-electron chi connectivity index (χ0n) is 18.2. The first-order valence-electron chi connectivity index (χ1n) is 9.83. The van der Waals surface area contributed by atoms with E-state index in [0.29, 0.717) is 13.2 Å². The number of nitrogens with one attached hydrogen (secondary N) is 1. The van der Waals surface area contributed by atoms with Crippen LogP contribution in [0.2, 0.25) is 18.1 Å². The van der Waals surface area contributed by atoms with Crippen molar-refractivity contribution >= 4 is 14.4 Å². The van der Waals surface area contributed by atoms with Crippen LogP contribution in [0.25, 0.3) is 0 Å². The molecule has 0 bridgehead atoms. The minimum atomic E-state index is -1.97. The lowest BCUT2D eigenvalue weighted by Crippen LogP contribution is -2.51. The summed E-state index contributed by atoms with van der Waals surface area (Å²) in [6.45, 7) is 15.7. The number of alkyl carbamates (subject to hydrolysis) is 1. The first kappa shape index (κ1) is 22.9. The Balaban J connectivity index is 1.98. The summed E-state index contributed by atoms with van der Waals surface area (Å²) in [5.41, 5.74) is 0.938. The Bertz CT molecular complexity index is 642. The van der Waals surface area contributed by atoms with Crippen molar-refractivity contribution in [2.45, 2.75) is 77.3 Å². The second kappa shape index (κ2) is 8.94. The van der Waals surface area contributed by atoms with E-state index in [1.165, 1.54) is 0 Å². The first-order valence-corrected chi connectivity index (χ1v) is 12.7. The maximum absolute atomic E-state index is 12.4. The van der Waals surface area contributed by atoms with Crippen molar-refractivity contribution in [3.05, 3.63) is 35.9 Å². The van der Waals surface area contributed by atoms with Gasteiger partial charge in [-0.3, -0.25) is 0 Å². The van der Waals surface area contributed by atoms with E-state index in [1.807, 2.05) is 44.2 Å². The maximum Gasteiger partial charge on any atom is 0.407 e. The number of amides is 1. The number of carbonyl (C=O) groups is 1. The van der Waals surface area contributed by atoms with Crippen molar-refractivity contribution in [2.75, 3.05) is 13.2 Å². The average molecular weight is 410 g/mol. The zero-order valence-corrected chi connectivity index (χ0v) is 19.2. The van der Waals surface area contributed by atoms with Crippen LogP contribution < -0.4 is 5.32 Å². The van der Waals surface area contributed by atoms with Crippen molar-refractivity contribution < 1.29 is 23.4 Å². The standard InChI is InChI=1S/C21H35NO5Si/c1-20(2,3)28(6,7)26-14-17(18-15-25-21(4,5)27-18)22-19(23)24-13-16-11-9-8-10-12-16/h8-12,17-18H,13-15H2,1-7H3,(H,22,23)/t17-,18-/m0/s1. The Kier molecular flexibility index (Phi) is 7.31. The Morgan fingerprint density at radius 3 is 2.46 bits per heavy atom. The highest BCUT2D eigenvalue weighted by Gasteiger charge is 2.42. The van der Waals surface area contributed by atoms with Crippen LogP contribution >= 0.6 is 0 Å². The fourth-order valence-corrected chi connectivity index (χ4v) is 3.62. The summed E-state index contributed by atoms with van der Waals surface area (Å²) in [5.74, 6) is -0.671. The van der Waals surface area contributed by atoms with Crippen LogP contribution in [0.1, 0.15) is 40.2 Å². The van der Waals surface area contributed by atoms with Crippen molar-refractivity contribution in [3.8, 4) is 0 Å². The molecule has 0 spiro atoms. The summed E-state index contributed by atoms with van der Waals surface area (Å²) in [6, 6.07) is 9.25. The number of hydrogen-bond acceptors (Lipinski definition) is 5. The molecular weight excluding hydrogens is 374 g/mol. The van der Waals surface area contributed by atoms with Crippen LogP contribution in [0.3, 0.4) is 0 Å². The molecule has 0 unspecified atom stereocenters. The van der Waals surface area contributed by atoms with Crippen LogP contribution in [0.4, 0.5) is 4.79 Å². The zero-order chi connectivity index (χ0) is 21.0. The molecule has 0 radical (unpaired) electrons. The van der Waals surface area contributed by atoms with Gasteiger partial charge in [0.1, 0.15) is 12.7 Å². The van der Waals surface area contributed by atoms with E-state index in [1.54, 1.807) is 0 Å². The quantitative estimate of drug-likeness (QED) is 0.674. The number of ether oxygens (including phenoxy) is 3. The molecule has 2 rings (SSSR count). The van der Waals surface area contributed by atoms with Gasteiger partial charge in [0.2, 0.25) is 0 Å². The Labute approximate surface area is 170 Å². The molecule has 1 heterocycles. The van der Waals surface area contributed by atoms with Crippen molar-refractivity contribution in [1.29, 1.82) is 0 Å². The van der Waals surface area contributed by atoms with E-state index < -0.39 is 20.2 Å². The SMILES string of the molecule is CC1(C)OC[C@@H]([C@H](CO[Si](C)(C)C(C)(C)C)NC(=O)OCc2ccccc2)O1. The molecule has 158 valence electrons. The molecule has 1 aromatic carbocycles. The number of rotatable bonds is 7. The van der Waals surface area contributed by atoms with Gasteiger partial charge in [0.05, 0.1) is 19.3 Å². The lowest BCUT2D eigenvalue weighted by Gasteiger charge is -2.38. The third-order valence-corrected chi connectivity index (χ3v) is 9.93. The van der Waals surface area contributed by atoms with Gasteiger partial charge in [0.15, 0.2) is 14.1 Å². The highest BCUT2D eigenvalue weighted by Crippen LogP contribution is 2.37. The van der Waals surface area contributed by atoms with E-state index in [-0.39, 0.29) is 23.8 Å². The monoisotopic (exact) mass is 409 g/mol. The van der Waals surface area contributed by atoms with E-state index in [2.05, 4.69) is 39.2 Å². The van der Waals surface area contributed by atoms with Crippen LogP contribution in [0.15, 0.2) is 30.3 Å². The maximum atomic E-state index is 12.4. The minimum Gasteiger partial charge on any atom is -0.445 e. The predicted octanol–water partition coefficient (Wildman–Crippen LogP) is 4.45. The summed E-state index contributed by atoms with van der Waals surface area (Å²) in [4.78, 5) is 12.4. The molecule has 6 nitrogen and oxygen atoms in total. The highest BCUT2D eigenvalue weighted by atomic mass is 28.4. The van der Waals surface area contributed by atoms with Gasteiger partial charge in [-0.25, -0.2) is 4.79 Å². The normalized spacial score (nSPS) is 20.6. The van der Waals surface area contributed by atoms with Crippen LogP contribution in [-0.4, -0.2) is 45.6 Å². The molecule has 1 aromatic rings. The molecule has 1 fully saturated rings. The minimum absolute atomic E-state index is 0.0810. The van der Waals surface area contributed by atoms with Crippen molar-refractivity contribution in [3.63, 3.8) is 0 Å². The van der Waals surface area contributed by atoms with Gasteiger partial charge < -0.3 is 24.0 Å². The van der Waals surface area contributed by atoms with Gasteiger partial charge in [-0.2, -0.15) is 0 Å². The van der Waals surface area contributed by atoms with Gasteiger partial charge in [-0.05, 0) is 37.5 Å². The van der Waals surface area contributed by atoms with Crippen LogP contribution in [0, 0.1) is 0 Å². The summed E-state index contributed by atoms with van der Waals surface area (Å²) < 4.78 is 23.4. The van der Waals surface area contributed by atoms with Crippen LogP contribution in [-0.2, 0) is 25.2 Å². The lowest BCUT2D eigenvalue weighted by molar-refractivity contribution is -0.142. The van der Waals surface area contributed by atoms with E-state index >= 15 is 0 Å². The van der Waals surface area contributed by atoms with E-state index in [0.717, 1.165) is 5.56 Å². The summed E-state index contributed by atoms with van der Waals surface area (Å²) >= 11 is 0. The average Bonchev–Trinajstić information content (AvgIpc) is 2.96. The predicted molar refractivity (Wildman–Crippen MR) is 112 cm³/mol. The van der Waals surface area contributed by atoms with E-state index in [4.69, 9.17) is 18.6 Å². The Hall–Kier alpha value is -1.41. The van der Waals surface area contributed by atoms with Gasteiger partial charge in [0, 0.05) is 0 Å². The third kappa shape index (κ3) is 6.58. The van der Waals surface area contributed by atoms with Crippen LogP contribution in [0.5, 0.6) is 0 Å². The highest BCUT2D eigenvalue weighted by molar-refractivity contribution is 6.74. The molecule has 0 aliphatic carbocycles. The molecule has 1 amide bonds. The Morgan fingerprint density at radius 1 is 1.29 bits per heavy atom. The third-order valence-electron chi connectivity index (χ3n) is 5.43. The molecule has 7 heteroatoms. The fraction of sp³-hybridized carbons (Fsp3) is 0.667. The Morgan fingerprint density at radius 2 is 1.93 bits per heavy atom. The van der Waals surface area contributed by atoms with Gasteiger partial charge >= 0.3 is 6.09 Å². The molecule has 1 N–H and O–H groups in total. The molecule has 1 aliphatic rings. The summed E-state index contributed by atoms with van der Waals surface area (Å²) in [6.07, 6.45) is -0.773. The van der Waals surface area contributed by atoms with Gasteiger partial charge in [0.25, 0.3) is 0 Å². The first-order chi connectivity index (χ1) is 12.9. The second-order valence-corrected chi connectivity index (χ2v) is 14.1. The van der Waals surface area contributed by atoms with Crippen molar-refractivity contribution in [1.82, 2.24) is 5.32 Å². The molecule has 1 aliphatic heterocycles. The molecule has 0 saturated carbocycles. The number of carbonyl (C=O) groups excluding carboxylic acids is 1. The largest absolute Gasteiger partial charge is 0.445 e. The molecule has 2 atom stereocenters. The summed E-state index contributed by atoms with van der Waals surface area (Å²) in [7, 11) is -1.97. The fourth-order valence-electron chi connectivity index (χ4n) is 2.59. The molecular formula is C21H35NO5Si. The van der Waals surface area contributed by atoms with Crippen molar-refractivity contribution in [2.24, 2.45) is 0 Å². The number of hydrogen-bond donors (Lipinski definition) is 1. The van der Waals surface area contributed by atoms with E-state index in [9.17, 15) is 4.79 Å².